The Bertz CT molecular complexity index is 777. The summed E-state index contributed by atoms with van der Waals surface area (Å²) in [6, 6.07) is 3.66. The van der Waals surface area contributed by atoms with Gasteiger partial charge in [-0.2, -0.15) is 13.2 Å². The summed E-state index contributed by atoms with van der Waals surface area (Å²) in [5, 5.41) is 3.08. The lowest BCUT2D eigenvalue weighted by Gasteiger charge is -2.02. The highest BCUT2D eigenvalue weighted by Gasteiger charge is 2.34. The van der Waals surface area contributed by atoms with Crippen LogP contribution in [0.1, 0.15) is 10.6 Å². The Morgan fingerprint density at radius 3 is 2.52 bits per heavy atom. The van der Waals surface area contributed by atoms with Crippen LogP contribution in [0.2, 0.25) is 0 Å². The van der Waals surface area contributed by atoms with E-state index in [1.54, 1.807) is 17.4 Å². The quantitative estimate of drug-likeness (QED) is 0.687. The fraction of sp³-hybridized carbons (Fsp3) is 0.154. The van der Waals surface area contributed by atoms with Gasteiger partial charge in [-0.15, -0.1) is 22.7 Å². The number of nitrogens with zero attached hydrogens (tertiary/aromatic N) is 3. The van der Waals surface area contributed by atoms with Crippen LogP contribution in [0.5, 0.6) is 0 Å². The molecule has 3 rings (SSSR count). The van der Waals surface area contributed by atoms with Gasteiger partial charge in [0.2, 0.25) is 0 Å². The van der Waals surface area contributed by atoms with Gasteiger partial charge in [0.15, 0.2) is 16.5 Å². The summed E-state index contributed by atoms with van der Waals surface area (Å²) in [5.41, 5.74) is 0.724. The first-order valence-corrected chi connectivity index (χ1v) is 7.61. The van der Waals surface area contributed by atoms with E-state index in [9.17, 15) is 13.2 Å². The minimum atomic E-state index is -4.45. The molecule has 0 aliphatic heterocycles. The molecule has 8 heteroatoms. The van der Waals surface area contributed by atoms with Gasteiger partial charge < -0.3 is 0 Å². The van der Waals surface area contributed by atoms with Gasteiger partial charge in [0.25, 0.3) is 0 Å². The number of aromatic nitrogens is 3. The van der Waals surface area contributed by atoms with Crippen molar-refractivity contribution in [2.45, 2.75) is 13.1 Å². The van der Waals surface area contributed by atoms with Crippen LogP contribution in [0.15, 0.2) is 29.1 Å². The van der Waals surface area contributed by atoms with Crippen LogP contribution in [0, 0.1) is 6.92 Å². The van der Waals surface area contributed by atoms with Crippen molar-refractivity contribution < 1.29 is 13.2 Å². The highest BCUT2D eigenvalue weighted by molar-refractivity contribution is 7.13. The molecule has 0 spiro atoms. The van der Waals surface area contributed by atoms with Gasteiger partial charge in [0.05, 0.1) is 5.69 Å². The predicted octanol–water partition coefficient (Wildman–Crippen LogP) is 4.66. The molecule has 0 saturated carbocycles. The summed E-state index contributed by atoms with van der Waals surface area (Å²) < 4.78 is 37.7. The smallest absolute Gasteiger partial charge is 0.234 e. The minimum absolute atomic E-state index is 0.164. The molecule has 3 heterocycles. The molecule has 3 nitrogen and oxygen atoms in total. The summed E-state index contributed by atoms with van der Waals surface area (Å²) in [7, 11) is 0. The Balaban J connectivity index is 2.01. The van der Waals surface area contributed by atoms with Crippen LogP contribution >= 0.6 is 22.7 Å². The molecule has 0 bridgehead atoms. The molecule has 3 aromatic heterocycles. The van der Waals surface area contributed by atoms with E-state index in [0.29, 0.717) is 5.69 Å². The van der Waals surface area contributed by atoms with Gasteiger partial charge in [0, 0.05) is 22.0 Å². The lowest BCUT2D eigenvalue weighted by atomic mass is 10.2. The normalized spacial score (nSPS) is 11.8. The number of thiazole rings is 1. The number of thiophene rings is 1. The molecule has 108 valence electrons. The third kappa shape index (κ3) is 2.81. The van der Waals surface area contributed by atoms with E-state index < -0.39 is 11.9 Å². The molecule has 0 atom stereocenters. The van der Waals surface area contributed by atoms with Crippen molar-refractivity contribution in [3.05, 3.63) is 39.7 Å². The summed E-state index contributed by atoms with van der Waals surface area (Å²) in [4.78, 5) is 13.0. The Morgan fingerprint density at radius 1 is 1.10 bits per heavy atom. The van der Waals surface area contributed by atoms with Gasteiger partial charge >= 0.3 is 6.18 Å². The van der Waals surface area contributed by atoms with Crippen molar-refractivity contribution in [2.24, 2.45) is 0 Å². The largest absolute Gasteiger partial charge is 0.434 e. The van der Waals surface area contributed by atoms with Crippen molar-refractivity contribution in [1.82, 2.24) is 15.0 Å². The molecule has 0 unspecified atom stereocenters. The highest BCUT2D eigenvalue weighted by atomic mass is 32.1. The predicted molar refractivity (Wildman–Crippen MR) is 76.2 cm³/mol. The van der Waals surface area contributed by atoms with Crippen LogP contribution in [0.25, 0.3) is 22.1 Å². The highest BCUT2D eigenvalue weighted by Crippen LogP contribution is 2.33. The van der Waals surface area contributed by atoms with E-state index in [2.05, 4.69) is 15.0 Å². The average Bonchev–Trinajstić information content (AvgIpc) is 3.06. The Kier molecular flexibility index (Phi) is 3.50. The summed E-state index contributed by atoms with van der Waals surface area (Å²) in [6.07, 6.45) is -2.92. The van der Waals surface area contributed by atoms with Crippen LogP contribution < -0.4 is 0 Å². The number of aryl methyl sites for hydroxylation is 1. The van der Waals surface area contributed by atoms with Crippen molar-refractivity contribution in [1.29, 1.82) is 0 Å². The van der Waals surface area contributed by atoms with Gasteiger partial charge in [-0.1, -0.05) is 0 Å². The van der Waals surface area contributed by atoms with Crippen LogP contribution in [0.4, 0.5) is 13.2 Å². The third-order valence-corrected chi connectivity index (χ3v) is 4.46. The van der Waals surface area contributed by atoms with Gasteiger partial charge in [0.1, 0.15) is 0 Å². The maximum atomic E-state index is 12.6. The topological polar surface area (TPSA) is 38.7 Å². The zero-order valence-corrected chi connectivity index (χ0v) is 12.3. The van der Waals surface area contributed by atoms with Crippen LogP contribution in [0.3, 0.4) is 0 Å². The molecule has 0 radical (unpaired) electrons. The van der Waals surface area contributed by atoms with Crippen molar-refractivity contribution in [3.63, 3.8) is 0 Å². The maximum Gasteiger partial charge on any atom is 0.434 e. The Hall–Kier alpha value is -1.80. The molecular formula is C13H8F3N3S2. The fourth-order valence-corrected chi connectivity index (χ4v) is 3.24. The zero-order valence-electron chi connectivity index (χ0n) is 10.7. The number of halogens is 3. The molecule has 21 heavy (non-hydrogen) atoms. The van der Waals surface area contributed by atoms with E-state index in [0.717, 1.165) is 27.2 Å². The summed E-state index contributed by atoms with van der Waals surface area (Å²) >= 11 is 2.47. The second-order valence-corrected chi connectivity index (χ2v) is 6.17. The fourth-order valence-electron chi connectivity index (χ4n) is 1.77. The molecule has 0 aliphatic carbocycles. The van der Waals surface area contributed by atoms with E-state index in [-0.39, 0.29) is 10.8 Å². The minimum Gasteiger partial charge on any atom is -0.234 e. The Morgan fingerprint density at radius 2 is 1.90 bits per heavy atom. The molecule has 0 aliphatic rings. The zero-order chi connectivity index (χ0) is 15.0. The summed E-state index contributed by atoms with van der Waals surface area (Å²) in [5.74, 6) is 0.207. The first-order chi connectivity index (χ1) is 9.95. The first-order valence-electron chi connectivity index (χ1n) is 5.86. The second kappa shape index (κ2) is 5.19. The molecule has 0 N–H and O–H groups in total. The average molecular weight is 327 g/mol. The number of alkyl halides is 3. The number of hydrogen-bond donors (Lipinski definition) is 0. The van der Waals surface area contributed by atoms with E-state index in [1.165, 1.54) is 6.20 Å². The SMILES string of the molecule is Cc1sccc1-c1ccnc(-c2nc(C(F)(F)F)cs2)n1. The lowest BCUT2D eigenvalue weighted by Crippen LogP contribution is -2.05. The molecule has 3 aromatic rings. The molecule has 0 fully saturated rings. The third-order valence-electron chi connectivity index (χ3n) is 2.78. The van der Waals surface area contributed by atoms with Gasteiger partial charge in [-0.25, -0.2) is 15.0 Å². The first kappa shape index (κ1) is 14.2. The van der Waals surface area contributed by atoms with Crippen LogP contribution in [-0.4, -0.2) is 15.0 Å². The number of rotatable bonds is 2. The standard InChI is InChI=1S/C13H8F3N3S2/c1-7-8(3-5-20-7)9-2-4-17-11(18-9)12-19-10(6-21-12)13(14,15)16/h2-6H,1H3. The van der Waals surface area contributed by atoms with E-state index in [1.807, 2.05) is 18.4 Å². The Labute approximate surface area is 126 Å². The second-order valence-electron chi connectivity index (χ2n) is 4.19. The molecular weight excluding hydrogens is 319 g/mol. The molecule has 0 amide bonds. The van der Waals surface area contributed by atoms with Crippen molar-refractivity contribution in [3.8, 4) is 22.1 Å². The summed E-state index contributed by atoms with van der Waals surface area (Å²) in [6.45, 7) is 1.97. The van der Waals surface area contributed by atoms with Gasteiger partial charge in [-0.05, 0) is 24.4 Å². The monoisotopic (exact) mass is 327 g/mol. The maximum absolute atomic E-state index is 12.6. The van der Waals surface area contributed by atoms with E-state index in [4.69, 9.17) is 0 Å². The molecule has 0 saturated heterocycles. The van der Waals surface area contributed by atoms with Crippen molar-refractivity contribution >= 4 is 22.7 Å². The van der Waals surface area contributed by atoms with Gasteiger partial charge in [-0.3, -0.25) is 0 Å². The van der Waals surface area contributed by atoms with Crippen molar-refractivity contribution in [2.75, 3.05) is 0 Å². The van der Waals surface area contributed by atoms with Crippen LogP contribution in [-0.2, 0) is 6.18 Å². The van der Waals surface area contributed by atoms with E-state index >= 15 is 0 Å². The lowest BCUT2D eigenvalue weighted by molar-refractivity contribution is -0.140. The molecule has 0 aromatic carbocycles. The number of hydrogen-bond acceptors (Lipinski definition) is 5.